The summed E-state index contributed by atoms with van der Waals surface area (Å²) in [6, 6.07) is 9.72. The molecule has 0 aliphatic heterocycles. The van der Waals surface area contributed by atoms with Crippen molar-refractivity contribution >= 4 is 27.7 Å². The molecule has 0 fully saturated rings. The van der Waals surface area contributed by atoms with Gasteiger partial charge in [-0.15, -0.1) is 0 Å². The molecule has 2 aromatic rings. The molecular formula is C17H17BrF2N3O2+. The van der Waals surface area contributed by atoms with E-state index in [0.29, 0.717) is 15.6 Å². The highest BCUT2D eigenvalue weighted by molar-refractivity contribution is 9.10. The largest absolute Gasteiger partial charge is 0.332 e. The van der Waals surface area contributed by atoms with Gasteiger partial charge in [0.05, 0.1) is 5.56 Å². The number of halogens is 3. The number of benzene rings is 2. The number of nitrogens with two attached hydrogens (primary N) is 1. The predicted octanol–water partition coefficient (Wildman–Crippen LogP) is 1.81. The summed E-state index contributed by atoms with van der Waals surface area (Å²) in [7, 11) is 0. The van der Waals surface area contributed by atoms with Crippen LogP contribution in [-0.2, 0) is 4.79 Å². The lowest BCUT2D eigenvalue weighted by molar-refractivity contribution is -0.682. The Morgan fingerprint density at radius 2 is 1.88 bits per heavy atom. The van der Waals surface area contributed by atoms with Gasteiger partial charge >= 0.3 is 0 Å². The molecule has 0 unspecified atom stereocenters. The van der Waals surface area contributed by atoms with Crippen LogP contribution >= 0.6 is 15.9 Å². The van der Waals surface area contributed by atoms with Gasteiger partial charge in [0.2, 0.25) is 0 Å². The summed E-state index contributed by atoms with van der Waals surface area (Å²) >= 11 is 3.25. The highest BCUT2D eigenvalue weighted by atomic mass is 79.9. The van der Waals surface area contributed by atoms with Gasteiger partial charge in [0, 0.05) is 16.1 Å². The number of amides is 2. The molecular weight excluding hydrogens is 396 g/mol. The van der Waals surface area contributed by atoms with Crippen molar-refractivity contribution in [1.29, 1.82) is 0 Å². The lowest BCUT2D eigenvalue weighted by Crippen LogP contribution is -2.87. The molecule has 0 aliphatic carbocycles. The fourth-order valence-corrected chi connectivity index (χ4v) is 2.64. The summed E-state index contributed by atoms with van der Waals surface area (Å²) in [5.74, 6) is -2.22. The molecule has 0 spiro atoms. The first-order valence-electron chi connectivity index (χ1n) is 7.50. The zero-order chi connectivity index (χ0) is 18.4. The van der Waals surface area contributed by atoms with Crippen molar-refractivity contribution in [1.82, 2.24) is 10.9 Å². The van der Waals surface area contributed by atoms with Gasteiger partial charge < -0.3 is 5.32 Å². The second-order valence-electron chi connectivity index (χ2n) is 5.38. The Hall–Kier alpha value is -2.32. The molecule has 8 heteroatoms. The molecule has 132 valence electrons. The average Bonchev–Trinajstić information content (AvgIpc) is 2.58. The van der Waals surface area contributed by atoms with Gasteiger partial charge in [0.15, 0.2) is 6.54 Å². The van der Waals surface area contributed by atoms with Gasteiger partial charge in [0.25, 0.3) is 11.8 Å². The Labute approximate surface area is 151 Å². The molecule has 2 aromatic carbocycles. The van der Waals surface area contributed by atoms with Crippen LogP contribution in [0.2, 0.25) is 0 Å². The smallest absolute Gasteiger partial charge is 0.293 e. The predicted molar refractivity (Wildman–Crippen MR) is 91.3 cm³/mol. The van der Waals surface area contributed by atoms with Crippen LogP contribution in [0.25, 0.3) is 0 Å². The maximum absolute atomic E-state index is 13.7. The van der Waals surface area contributed by atoms with Crippen LogP contribution in [0.4, 0.5) is 8.78 Å². The molecule has 0 saturated heterocycles. The number of rotatable bonds is 5. The molecule has 0 bridgehead atoms. The molecule has 2 amide bonds. The minimum absolute atomic E-state index is 0.0335. The summed E-state index contributed by atoms with van der Waals surface area (Å²) in [4.78, 5) is 23.8. The van der Waals surface area contributed by atoms with Crippen molar-refractivity contribution in [2.45, 2.75) is 13.0 Å². The third-order valence-corrected chi connectivity index (χ3v) is 4.24. The van der Waals surface area contributed by atoms with E-state index in [1.807, 2.05) is 0 Å². The highest BCUT2D eigenvalue weighted by Gasteiger charge is 2.16. The fraction of sp³-hybridized carbons (Fsp3) is 0.176. The molecule has 5 nitrogen and oxygen atoms in total. The molecule has 4 N–H and O–H groups in total. The number of hydrogen-bond donors (Lipinski definition) is 3. The Bertz CT molecular complexity index is 786. The molecule has 0 heterocycles. The zero-order valence-electron chi connectivity index (χ0n) is 13.4. The maximum atomic E-state index is 13.7. The van der Waals surface area contributed by atoms with Crippen LogP contribution in [0.5, 0.6) is 0 Å². The quantitative estimate of drug-likeness (QED) is 0.655. The monoisotopic (exact) mass is 412 g/mol. The topological polar surface area (TPSA) is 74.8 Å². The number of hydrogen-bond acceptors (Lipinski definition) is 2. The second-order valence-corrected chi connectivity index (χ2v) is 6.23. The van der Waals surface area contributed by atoms with Gasteiger partial charge in [-0.25, -0.2) is 8.78 Å². The number of carbonyl (C=O) groups excluding carboxylic acids is 2. The van der Waals surface area contributed by atoms with Crippen LogP contribution in [0.3, 0.4) is 0 Å². The first-order chi connectivity index (χ1) is 11.9. The van der Waals surface area contributed by atoms with Crippen molar-refractivity contribution in [3.63, 3.8) is 0 Å². The summed E-state index contributed by atoms with van der Waals surface area (Å²) in [5.41, 5.74) is 5.28. The lowest BCUT2D eigenvalue weighted by Gasteiger charge is -2.12. The van der Waals surface area contributed by atoms with Gasteiger partial charge in [-0.05, 0) is 47.1 Å². The summed E-state index contributed by atoms with van der Waals surface area (Å²) in [6.07, 6.45) is 0. The van der Waals surface area contributed by atoms with E-state index in [4.69, 9.17) is 0 Å². The highest BCUT2D eigenvalue weighted by Crippen LogP contribution is 2.15. The van der Waals surface area contributed by atoms with Gasteiger partial charge in [-0.1, -0.05) is 12.1 Å². The maximum Gasteiger partial charge on any atom is 0.293 e. The summed E-state index contributed by atoms with van der Waals surface area (Å²) < 4.78 is 27.2. The fourth-order valence-electron chi connectivity index (χ4n) is 2.17. The Balaban J connectivity index is 1.82. The molecule has 2 rings (SSSR count). The van der Waals surface area contributed by atoms with E-state index in [0.717, 1.165) is 6.07 Å². The SMILES string of the molecule is C[C@@H]([NH2+]CC(=O)NNC(=O)c1ccccc1Br)c1ccc(F)cc1F. The third kappa shape index (κ3) is 5.33. The average molecular weight is 413 g/mol. The van der Waals surface area contributed by atoms with E-state index in [9.17, 15) is 18.4 Å². The number of nitrogens with one attached hydrogen (secondary N) is 2. The molecule has 0 aliphatic rings. The van der Waals surface area contributed by atoms with Crippen LogP contribution in [-0.4, -0.2) is 18.4 Å². The van der Waals surface area contributed by atoms with Crippen molar-refractivity contribution in [3.8, 4) is 0 Å². The van der Waals surface area contributed by atoms with E-state index < -0.39 is 23.4 Å². The van der Waals surface area contributed by atoms with Gasteiger partial charge in [-0.2, -0.15) is 0 Å². The zero-order valence-corrected chi connectivity index (χ0v) is 14.9. The normalized spacial score (nSPS) is 11.7. The lowest BCUT2D eigenvalue weighted by atomic mass is 10.1. The Morgan fingerprint density at radius 1 is 1.16 bits per heavy atom. The minimum atomic E-state index is -0.661. The van der Waals surface area contributed by atoms with Crippen molar-refractivity contribution in [3.05, 3.63) is 69.7 Å². The molecule has 0 radical (unpaired) electrons. The van der Waals surface area contributed by atoms with E-state index in [1.54, 1.807) is 36.5 Å². The Morgan fingerprint density at radius 3 is 2.56 bits per heavy atom. The van der Waals surface area contributed by atoms with Crippen LogP contribution < -0.4 is 16.2 Å². The third-order valence-electron chi connectivity index (χ3n) is 3.54. The van der Waals surface area contributed by atoms with Gasteiger partial charge in [0.1, 0.15) is 17.7 Å². The second kappa shape index (κ2) is 8.68. The Kier molecular flexibility index (Phi) is 6.60. The minimum Gasteiger partial charge on any atom is -0.332 e. The summed E-state index contributed by atoms with van der Waals surface area (Å²) in [5, 5.41) is 1.58. The van der Waals surface area contributed by atoms with Crippen molar-refractivity contribution in [2.24, 2.45) is 0 Å². The van der Waals surface area contributed by atoms with E-state index in [1.165, 1.54) is 12.1 Å². The van der Waals surface area contributed by atoms with Gasteiger partial charge in [-0.3, -0.25) is 20.4 Å². The van der Waals surface area contributed by atoms with Crippen molar-refractivity contribution in [2.75, 3.05) is 6.54 Å². The van der Waals surface area contributed by atoms with E-state index in [-0.39, 0.29) is 12.6 Å². The number of quaternary nitrogens is 1. The van der Waals surface area contributed by atoms with Crippen molar-refractivity contribution < 1.29 is 23.7 Å². The number of carbonyl (C=O) groups is 2. The molecule has 1 atom stereocenters. The van der Waals surface area contributed by atoms with Crippen LogP contribution in [0, 0.1) is 11.6 Å². The standard InChI is InChI=1S/C17H16BrF2N3O2/c1-10(12-7-6-11(19)8-15(12)20)21-9-16(24)22-23-17(25)13-4-2-3-5-14(13)18/h2-8,10,21H,9H2,1H3,(H,22,24)(H,23,25)/p+1/t10-/m1/s1. The van der Waals surface area contributed by atoms with E-state index in [2.05, 4.69) is 26.8 Å². The molecule has 0 aromatic heterocycles. The summed E-state index contributed by atoms with van der Waals surface area (Å²) in [6.45, 7) is 1.66. The van der Waals surface area contributed by atoms with Crippen LogP contribution in [0.15, 0.2) is 46.9 Å². The molecule has 0 saturated carbocycles. The number of hydrazine groups is 1. The first-order valence-corrected chi connectivity index (χ1v) is 8.29. The first kappa shape index (κ1) is 19.0. The molecule has 25 heavy (non-hydrogen) atoms. The van der Waals surface area contributed by atoms with E-state index >= 15 is 0 Å². The van der Waals surface area contributed by atoms with Crippen LogP contribution in [0.1, 0.15) is 28.9 Å².